The quantitative estimate of drug-likeness (QED) is 0.825. The Bertz CT molecular complexity index is 404. The Morgan fingerprint density at radius 2 is 2.50 bits per heavy atom. The fourth-order valence-electron chi connectivity index (χ4n) is 2.18. The average molecular weight is 254 g/mol. The molecule has 1 amide bonds. The number of methoxy groups -OCH3 is 1. The molecule has 0 radical (unpaired) electrons. The molecule has 1 aromatic heterocycles. The molecule has 0 bridgehead atoms. The number of hydrogen-bond donors (Lipinski definition) is 1. The smallest absolute Gasteiger partial charge is 0.291 e. The zero-order valence-corrected chi connectivity index (χ0v) is 10.8. The molecule has 0 aliphatic carbocycles. The van der Waals surface area contributed by atoms with Crippen LogP contribution in [0.3, 0.4) is 0 Å². The maximum absolute atomic E-state index is 12.2. The maximum Gasteiger partial charge on any atom is 0.291 e. The van der Waals surface area contributed by atoms with E-state index in [1.54, 1.807) is 12.0 Å². The lowest BCUT2D eigenvalue weighted by Gasteiger charge is -2.42. The molecule has 0 spiro atoms. The number of aromatic amines is 1. The molecular formula is C11H18N4O3. The molecule has 1 atom stereocenters. The van der Waals surface area contributed by atoms with Crippen molar-refractivity contribution in [1.82, 2.24) is 20.1 Å². The first-order chi connectivity index (χ1) is 8.52. The topological polar surface area (TPSA) is 80.3 Å². The highest BCUT2D eigenvalue weighted by Crippen LogP contribution is 2.22. The number of amides is 1. The lowest BCUT2D eigenvalue weighted by molar-refractivity contribution is -0.143. The van der Waals surface area contributed by atoms with Gasteiger partial charge in [0.2, 0.25) is 5.82 Å². The summed E-state index contributed by atoms with van der Waals surface area (Å²) >= 11 is 0. The molecule has 1 aromatic rings. The molecule has 7 heteroatoms. The number of carbonyl (C=O) groups is 1. The zero-order valence-electron chi connectivity index (χ0n) is 10.8. The minimum atomic E-state index is -0.392. The summed E-state index contributed by atoms with van der Waals surface area (Å²) < 4.78 is 10.9. The summed E-state index contributed by atoms with van der Waals surface area (Å²) in [5.41, 5.74) is -0.392. The molecule has 18 heavy (non-hydrogen) atoms. The monoisotopic (exact) mass is 254 g/mol. The summed E-state index contributed by atoms with van der Waals surface area (Å²) in [6.07, 6.45) is 1.21. The minimum absolute atomic E-state index is 0.120. The fourth-order valence-corrected chi connectivity index (χ4v) is 2.18. The first-order valence-corrected chi connectivity index (χ1v) is 5.83. The third kappa shape index (κ3) is 2.85. The van der Waals surface area contributed by atoms with Gasteiger partial charge in [-0.1, -0.05) is 0 Å². The van der Waals surface area contributed by atoms with E-state index in [2.05, 4.69) is 15.2 Å². The van der Waals surface area contributed by atoms with Crippen molar-refractivity contribution < 1.29 is 14.3 Å². The van der Waals surface area contributed by atoms with Gasteiger partial charge in [-0.2, -0.15) is 5.10 Å². The Balaban J connectivity index is 2.10. The number of nitrogens with one attached hydrogen (secondary N) is 1. The normalized spacial score (nSPS) is 23.1. The molecule has 100 valence electrons. The molecule has 7 nitrogen and oxygen atoms in total. The lowest BCUT2D eigenvalue weighted by Crippen LogP contribution is -2.55. The van der Waals surface area contributed by atoms with Crippen molar-refractivity contribution in [1.29, 1.82) is 0 Å². The van der Waals surface area contributed by atoms with Crippen LogP contribution in [0.2, 0.25) is 0 Å². The number of aromatic nitrogens is 3. The van der Waals surface area contributed by atoms with Gasteiger partial charge in [0, 0.05) is 20.2 Å². The van der Waals surface area contributed by atoms with Gasteiger partial charge in [0.25, 0.3) is 5.91 Å². The molecule has 2 rings (SSSR count). The van der Waals surface area contributed by atoms with Gasteiger partial charge < -0.3 is 14.4 Å². The van der Waals surface area contributed by atoms with Crippen LogP contribution in [-0.4, -0.2) is 64.5 Å². The standard InChI is InChI=1S/C11H18N4O3/c1-11(2)6-15(4-8(18-11)5-17-3)10(16)9-12-7-13-14-9/h7-8H,4-6H2,1-3H3,(H,12,13,14). The van der Waals surface area contributed by atoms with Crippen LogP contribution in [0.15, 0.2) is 6.33 Å². The van der Waals surface area contributed by atoms with Crippen LogP contribution >= 0.6 is 0 Å². The van der Waals surface area contributed by atoms with Crippen molar-refractivity contribution in [3.8, 4) is 0 Å². The number of nitrogens with zero attached hydrogens (tertiary/aromatic N) is 3. The summed E-state index contributed by atoms with van der Waals surface area (Å²) in [5.74, 6) is 0.0915. The second kappa shape index (κ2) is 5.03. The molecule has 1 aliphatic heterocycles. The Morgan fingerprint density at radius 3 is 3.11 bits per heavy atom. The number of carbonyl (C=O) groups excluding carboxylic acids is 1. The second-order valence-corrected chi connectivity index (χ2v) is 4.97. The summed E-state index contributed by atoms with van der Waals surface area (Å²) in [6, 6.07) is 0. The molecule has 1 N–H and O–H groups in total. The summed E-state index contributed by atoms with van der Waals surface area (Å²) in [7, 11) is 1.62. The van der Waals surface area contributed by atoms with E-state index in [0.29, 0.717) is 19.7 Å². The Morgan fingerprint density at radius 1 is 1.72 bits per heavy atom. The predicted octanol–water partition coefficient (Wildman–Crippen LogP) is 0.0707. The molecule has 2 heterocycles. The lowest BCUT2D eigenvalue weighted by atomic mass is 10.1. The predicted molar refractivity (Wildman–Crippen MR) is 63.1 cm³/mol. The van der Waals surface area contributed by atoms with Gasteiger partial charge >= 0.3 is 0 Å². The highest BCUT2D eigenvalue weighted by Gasteiger charge is 2.36. The fraction of sp³-hybridized carbons (Fsp3) is 0.727. The first kappa shape index (κ1) is 13.0. The summed E-state index contributed by atoms with van der Waals surface area (Å²) in [4.78, 5) is 17.8. The van der Waals surface area contributed by atoms with E-state index < -0.39 is 5.60 Å². The van der Waals surface area contributed by atoms with E-state index in [4.69, 9.17) is 9.47 Å². The van der Waals surface area contributed by atoms with Crippen LogP contribution in [0, 0.1) is 0 Å². The zero-order chi connectivity index (χ0) is 13.2. The summed E-state index contributed by atoms with van der Waals surface area (Å²) in [5, 5.41) is 6.27. The van der Waals surface area contributed by atoms with Crippen LogP contribution in [0.5, 0.6) is 0 Å². The van der Waals surface area contributed by atoms with Crippen LogP contribution in [-0.2, 0) is 9.47 Å². The van der Waals surface area contributed by atoms with Gasteiger partial charge in [-0.15, -0.1) is 0 Å². The Kier molecular flexibility index (Phi) is 3.63. The molecule has 1 fully saturated rings. The van der Waals surface area contributed by atoms with Gasteiger partial charge in [0.15, 0.2) is 0 Å². The highest BCUT2D eigenvalue weighted by molar-refractivity contribution is 5.90. The van der Waals surface area contributed by atoms with Crippen molar-refractivity contribution in [3.05, 3.63) is 12.2 Å². The van der Waals surface area contributed by atoms with Crippen molar-refractivity contribution in [3.63, 3.8) is 0 Å². The van der Waals surface area contributed by atoms with Crippen molar-refractivity contribution in [2.45, 2.75) is 25.6 Å². The van der Waals surface area contributed by atoms with E-state index in [1.807, 2.05) is 13.8 Å². The number of morpholine rings is 1. The Hall–Kier alpha value is -1.47. The minimum Gasteiger partial charge on any atom is -0.382 e. The van der Waals surface area contributed by atoms with Gasteiger partial charge in [0.05, 0.1) is 18.3 Å². The van der Waals surface area contributed by atoms with Crippen LogP contribution in [0.1, 0.15) is 24.5 Å². The third-order valence-electron chi connectivity index (χ3n) is 2.74. The SMILES string of the molecule is COCC1CN(C(=O)c2ncn[nH]2)CC(C)(C)O1. The van der Waals surface area contributed by atoms with E-state index >= 15 is 0 Å². The molecular weight excluding hydrogens is 236 g/mol. The van der Waals surface area contributed by atoms with E-state index in [0.717, 1.165) is 0 Å². The average Bonchev–Trinajstić information content (AvgIpc) is 2.79. The van der Waals surface area contributed by atoms with Gasteiger partial charge in [-0.3, -0.25) is 9.89 Å². The van der Waals surface area contributed by atoms with Crippen molar-refractivity contribution >= 4 is 5.91 Å². The van der Waals surface area contributed by atoms with Crippen LogP contribution in [0.4, 0.5) is 0 Å². The largest absolute Gasteiger partial charge is 0.382 e. The third-order valence-corrected chi connectivity index (χ3v) is 2.74. The van der Waals surface area contributed by atoms with Gasteiger partial charge in [0.1, 0.15) is 6.33 Å². The second-order valence-electron chi connectivity index (χ2n) is 4.97. The molecule has 1 aliphatic rings. The summed E-state index contributed by atoms with van der Waals surface area (Å²) in [6.45, 7) is 5.39. The van der Waals surface area contributed by atoms with Crippen LogP contribution in [0.25, 0.3) is 0 Å². The number of hydrogen-bond acceptors (Lipinski definition) is 5. The molecule has 0 aromatic carbocycles. The van der Waals surface area contributed by atoms with E-state index in [9.17, 15) is 4.79 Å². The van der Waals surface area contributed by atoms with E-state index in [-0.39, 0.29) is 17.8 Å². The van der Waals surface area contributed by atoms with Crippen molar-refractivity contribution in [2.75, 3.05) is 26.8 Å². The molecule has 0 saturated carbocycles. The van der Waals surface area contributed by atoms with E-state index in [1.165, 1.54) is 6.33 Å². The van der Waals surface area contributed by atoms with Gasteiger partial charge in [-0.05, 0) is 13.8 Å². The van der Waals surface area contributed by atoms with Gasteiger partial charge in [-0.25, -0.2) is 4.98 Å². The number of H-pyrrole nitrogens is 1. The maximum atomic E-state index is 12.2. The Labute approximate surface area is 105 Å². The first-order valence-electron chi connectivity index (χ1n) is 5.83. The number of rotatable bonds is 3. The van der Waals surface area contributed by atoms with Crippen molar-refractivity contribution in [2.24, 2.45) is 0 Å². The molecule has 1 unspecified atom stereocenters. The highest BCUT2D eigenvalue weighted by atomic mass is 16.5. The van der Waals surface area contributed by atoms with Crippen LogP contribution < -0.4 is 0 Å². The number of ether oxygens (including phenoxy) is 2. The molecule has 1 saturated heterocycles.